The van der Waals surface area contributed by atoms with E-state index in [4.69, 9.17) is 22.6 Å². The van der Waals surface area contributed by atoms with Gasteiger partial charge in [-0.3, -0.25) is 5.41 Å². The maximum Gasteiger partial charge on any atom is 0.251 e. The van der Waals surface area contributed by atoms with Gasteiger partial charge in [0, 0.05) is 24.8 Å². The highest BCUT2D eigenvalue weighted by Crippen LogP contribution is 2.10. The first-order valence-electron chi connectivity index (χ1n) is 6.98. The van der Waals surface area contributed by atoms with Gasteiger partial charge in [-0.1, -0.05) is 17.1 Å². The first-order chi connectivity index (χ1) is 10.4. The molecule has 0 heterocycles. The number of guanidine groups is 1. The number of hydrogen-bond acceptors (Lipinski definition) is 6. The van der Waals surface area contributed by atoms with E-state index in [0.29, 0.717) is 30.9 Å². The summed E-state index contributed by atoms with van der Waals surface area (Å²) in [6, 6.07) is 7.59. The molecule has 9 nitrogen and oxygen atoms in total. The normalized spacial score (nSPS) is 11.7. The second kappa shape index (κ2) is 8.80. The third-order valence-corrected chi connectivity index (χ3v) is 3.15. The highest BCUT2D eigenvalue weighted by atomic mass is 16.7. The van der Waals surface area contributed by atoms with Crippen LogP contribution < -0.4 is 22.5 Å². The molecule has 0 saturated heterocycles. The minimum atomic E-state index is -0.690. The summed E-state index contributed by atoms with van der Waals surface area (Å²) >= 11 is 0. The summed E-state index contributed by atoms with van der Waals surface area (Å²) in [6.45, 7) is 1.09. The summed E-state index contributed by atoms with van der Waals surface area (Å²) in [5.41, 5.74) is 18.6. The highest BCUT2D eigenvalue weighted by Gasteiger charge is 2.17. The monoisotopic (exact) mass is 309 g/mol. The van der Waals surface area contributed by atoms with E-state index in [9.17, 15) is 10.1 Å². The number of hydrazine groups is 1. The number of rotatable bonds is 9. The molecule has 0 unspecified atom stereocenters. The number of nitrogens with zero attached hydrogens (tertiary/aromatic N) is 2. The van der Waals surface area contributed by atoms with Gasteiger partial charge in [-0.25, -0.2) is 10.1 Å². The Balaban J connectivity index is 2.32. The molecular weight excluding hydrogens is 286 g/mol. The summed E-state index contributed by atoms with van der Waals surface area (Å²) in [5, 5.41) is 20.9. The fourth-order valence-corrected chi connectivity index (χ4v) is 1.95. The maximum absolute atomic E-state index is 10.6. The SMILES string of the molecule is N=C(N)N(CCC[C@H](N)CNc1cccc(CN)c1)[N+](=O)[O-]. The topological polar surface area (TPSA) is 160 Å². The van der Waals surface area contributed by atoms with Gasteiger partial charge in [0.2, 0.25) is 0 Å². The van der Waals surface area contributed by atoms with Crippen LogP contribution in [0.1, 0.15) is 18.4 Å². The Labute approximate surface area is 129 Å². The van der Waals surface area contributed by atoms with Crippen LogP contribution in [-0.2, 0) is 6.54 Å². The molecule has 0 aliphatic carbocycles. The van der Waals surface area contributed by atoms with E-state index in [1.54, 1.807) is 0 Å². The highest BCUT2D eigenvalue weighted by molar-refractivity contribution is 5.73. The standard InChI is InChI=1S/C13H23N7O2/c14-8-10-3-1-5-12(7-10)18-9-11(15)4-2-6-19(13(16)17)20(21)22/h1,3,5,7,11,18H,2,4,6,8-9,14-15H2,(H3,16,17)/t11-/m0/s1. The second-order valence-corrected chi connectivity index (χ2v) is 4.93. The lowest BCUT2D eigenvalue weighted by Crippen LogP contribution is -2.42. The number of nitro groups is 1. The van der Waals surface area contributed by atoms with E-state index < -0.39 is 11.0 Å². The van der Waals surface area contributed by atoms with Crippen molar-refractivity contribution in [1.29, 1.82) is 5.41 Å². The van der Waals surface area contributed by atoms with Crippen molar-refractivity contribution in [2.24, 2.45) is 17.2 Å². The second-order valence-electron chi connectivity index (χ2n) is 4.93. The summed E-state index contributed by atoms with van der Waals surface area (Å²) in [7, 11) is 0. The van der Waals surface area contributed by atoms with Crippen LogP contribution in [0.25, 0.3) is 0 Å². The summed E-state index contributed by atoms with van der Waals surface area (Å²) in [4.78, 5) is 10.6. The molecule has 8 N–H and O–H groups in total. The maximum atomic E-state index is 10.6. The third kappa shape index (κ3) is 5.94. The van der Waals surface area contributed by atoms with E-state index in [0.717, 1.165) is 11.3 Å². The van der Waals surface area contributed by atoms with Crippen LogP contribution in [0.4, 0.5) is 5.69 Å². The minimum absolute atomic E-state index is 0.0681. The number of benzene rings is 1. The molecule has 22 heavy (non-hydrogen) atoms. The lowest BCUT2D eigenvalue weighted by molar-refractivity contribution is -0.629. The van der Waals surface area contributed by atoms with Crippen molar-refractivity contribution in [3.05, 3.63) is 39.9 Å². The van der Waals surface area contributed by atoms with Crippen LogP contribution in [0.2, 0.25) is 0 Å². The predicted octanol–water partition coefficient (Wildman–Crippen LogP) is 0.0519. The van der Waals surface area contributed by atoms with Crippen molar-refractivity contribution < 1.29 is 5.03 Å². The van der Waals surface area contributed by atoms with Crippen LogP contribution in [-0.4, -0.2) is 35.1 Å². The fourth-order valence-electron chi connectivity index (χ4n) is 1.95. The molecule has 0 radical (unpaired) electrons. The van der Waals surface area contributed by atoms with Gasteiger partial charge in [0.25, 0.3) is 5.96 Å². The summed E-state index contributed by atoms with van der Waals surface area (Å²) < 4.78 is 0. The molecule has 1 aromatic rings. The zero-order valence-electron chi connectivity index (χ0n) is 12.4. The number of anilines is 1. The van der Waals surface area contributed by atoms with Crippen molar-refractivity contribution in [3.63, 3.8) is 0 Å². The first-order valence-corrected chi connectivity index (χ1v) is 6.98. The van der Waals surface area contributed by atoms with Crippen LogP contribution in [0.5, 0.6) is 0 Å². The van der Waals surface area contributed by atoms with Crippen molar-refractivity contribution >= 4 is 11.6 Å². The van der Waals surface area contributed by atoms with Gasteiger partial charge in [0.15, 0.2) is 5.03 Å². The van der Waals surface area contributed by atoms with Gasteiger partial charge in [-0.05, 0) is 30.5 Å². The zero-order valence-corrected chi connectivity index (χ0v) is 12.4. The number of hydrogen-bond donors (Lipinski definition) is 5. The average Bonchev–Trinajstić information content (AvgIpc) is 2.49. The van der Waals surface area contributed by atoms with E-state index >= 15 is 0 Å². The van der Waals surface area contributed by atoms with Gasteiger partial charge < -0.3 is 22.5 Å². The van der Waals surface area contributed by atoms with Gasteiger partial charge >= 0.3 is 0 Å². The molecular formula is C13H23N7O2. The van der Waals surface area contributed by atoms with Crippen LogP contribution in [0.3, 0.4) is 0 Å². The van der Waals surface area contributed by atoms with E-state index in [1.165, 1.54) is 0 Å². The van der Waals surface area contributed by atoms with Gasteiger partial charge in [0.05, 0.1) is 6.54 Å². The molecule has 0 spiro atoms. The Morgan fingerprint density at radius 2 is 2.23 bits per heavy atom. The molecule has 0 amide bonds. The van der Waals surface area contributed by atoms with E-state index in [2.05, 4.69) is 5.32 Å². The average molecular weight is 309 g/mol. The predicted molar refractivity (Wildman–Crippen MR) is 85.6 cm³/mol. The van der Waals surface area contributed by atoms with Crippen molar-refractivity contribution in [2.45, 2.75) is 25.4 Å². The van der Waals surface area contributed by atoms with Crippen LogP contribution in [0, 0.1) is 15.5 Å². The molecule has 122 valence electrons. The molecule has 0 aliphatic heterocycles. The molecule has 9 heteroatoms. The Morgan fingerprint density at radius 3 is 2.82 bits per heavy atom. The summed E-state index contributed by atoms with van der Waals surface area (Å²) in [6.07, 6.45) is 1.06. The lowest BCUT2D eigenvalue weighted by Gasteiger charge is -2.16. The number of nitrogens with two attached hydrogens (primary N) is 3. The fraction of sp³-hybridized carbons (Fsp3) is 0.462. The zero-order chi connectivity index (χ0) is 16.5. The Bertz CT molecular complexity index is 495. The molecule has 0 aliphatic rings. The van der Waals surface area contributed by atoms with Crippen LogP contribution >= 0.6 is 0 Å². The minimum Gasteiger partial charge on any atom is -0.383 e. The van der Waals surface area contributed by atoms with Crippen molar-refractivity contribution in [1.82, 2.24) is 5.01 Å². The van der Waals surface area contributed by atoms with Crippen molar-refractivity contribution in [3.8, 4) is 0 Å². The van der Waals surface area contributed by atoms with Crippen molar-refractivity contribution in [2.75, 3.05) is 18.4 Å². The first kappa shape index (κ1) is 17.7. The number of nitrogens with one attached hydrogen (secondary N) is 2. The Kier molecular flexibility index (Phi) is 7.06. The molecule has 1 aromatic carbocycles. The van der Waals surface area contributed by atoms with Gasteiger partial charge in [-0.15, -0.1) is 0 Å². The molecule has 0 bridgehead atoms. The van der Waals surface area contributed by atoms with Crippen LogP contribution in [0.15, 0.2) is 24.3 Å². The molecule has 0 saturated carbocycles. The Morgan fingerprint density at radius 1 is 1.50 bits per heavy atom. The smallest absolute Gasteiger partial charge is 0.251 e. The largest absolute Gasteiger partial charge is 0.383 e. The molecule has 0 fully saturated rings. The van der Waals surface area contributed by atoms with Gasteiger partial charge in [-0.2, -0.15) is 0 Å². The third-order valence-electron chi connectivity index (χ3n) is 3.15. The molecule has 1 rings (SSSR count). The lowest BCUT2D eigenvalue weighted by atomic mass is 10.1. The summed E-state index contributed by atoms with van der Waals surface area (Å²) in [5.74, 6) is -0.574. The molecule has 1 atom stereocenters. The van der Waals surface area contributed by atoms with E-state index in [1.807, 2.05) is 24.3 Å². The van der Waals surface area contributed by atoms with E-state index in [-0.39, 0.29) is 12.6 Å². The Hall–Kier alpha value is -2.39. The van der Waals surface area contributed by atoms with Gasteiger partial charge in [0.1, 0.15) is 0 Å². The molecule has 0 aromatic heterocycles. The quantitative estimate of drug-likeness (QED) is 0.186.